The number of aromatic amines is 2. The number of H-pyrrole nitrogens is 2. The highest BCUT2D eigenvalue weighted by molar-refractivity contribution is 7.88. The van der Waals surface area contributed by atoms with E-state index in [2.05, 4.69) is 15.1 Å². The van der Waals surface area contributed by atoms with E-state index >= 15 is 0 Å². The first kappa shape index (κ1) is 18.6. The molecule has 1 atom stereocenters. The number of imidazole rings is 1. The SMILES string of the molecule is CS(=O)(=O)N1CCCC(Cc2c(C3CC3)[nH]n(-c3nc4ccccc4[nH]3)c2=O)C1. The minimum atomic E-state index is -3.20. The summed E-state index contributed by atoms with van der Waals surface area (Å²) in [6.45, 7) is 1.05. The minimum Gasteiger partial charge on any atom is -0.322 e. The Kier molecular flexibility index (Phi) is 4.40. The topological polar surface area (TPSA) is 104 Å². The zero-order chi connectivity index (χ0) is 20.2. The molecule has 0 spiro atoms. The molecule has 3 aromatic rings. The largest absolute Gasteiger partial charge is 0.322 e. The normalized spacial score (nSPS) is 21.1. The van der Waals surface area contributed by atoms with Gasteiger partial charge in [-0.15, -0.1) is 0 Å². The molecule has 2 aromatic heterocycles. The van der Waals surface area contributed by atoms with Crippen molar-refractivity contribution in [1.82, 2.24) is 24.1 Å². The molecule has 1 saturated heterocycles. The number of hydrogen-bond acceptors (Lipinski definition) is 4. The molecule has 1 aliphatic carbocycles. The molecule has 3 heterocycles. The maximum atomic E-state index is 13.3. The molecule has 1 aromatic carbocycles. The number of sulfonamides is 1. The summed E-state index contributed by atoms with van der Waals surface area (Å²) in [6.07, 6.45) is 5.78. The van der Waals surface area contributed by atoms with Crippen molar-refractivity contribution in [3.05, 3.63) is 45.9 Å². The lowest BCUT2D eigenvalue weighted by Crippen LogP contribution is -2.40. The van der Waals surface area contributed by atoms with Gasteiger partial charge in [-0.25, -0.2) is 17.7 Å². The lowest BCUT2D eigenvalue weighted by atomic mass is 9.92. The third-order valence-corrected chi connectivity index (χ3v) is 7.31. The Morgan fingerprint density at radius 1 is 1.21 bits per heavy atom. The van der Waals surface area contributed by atoms with E-state index in [4.69, 9.17) is 0 Å². The fourth-order valence-electron chi connectivity index (χ4n) is 4.37. The zero-order valence-electron chi connectivity index (χ0n) is 16.4. The lowest BCUT2D eigenvalue weighted by Gasteiger charge is -2.30. The summed E-state index contributed by atoms with van der Waals surface area (Å²) < 4.78 is 27.0. The average molecular weight is 416 g/mol. The fourth-order valence-corrected chi connectivity index (χ4v) is 5.32. The van der Waals surface area contributed by atoms with Crippen molar-refractivity contribution in [3.8, 4) is 5.95 Å². The van der Waals surface area contributed by atoms with Gasteiger partial charge in [0.2, 0.25) is 16.0 Å². The fraction of sp³-hybridized carbons (Fsp3) is 0.500. The monoisotopic (exact) mass is 415 g/mol. The maximum Gasteiger partial charge on any atom is 0.277 e. The van der Waals surface area contributed by atoms with Crippen LogP contribution in [0.1, 0.15) is 42.9 Å². The predicted octanol–water partition coefficient (Wildman–Crippen LogP) is 2.13. The summed E-state index contributed by atoms with van der Waals surface area (Å²) in [4.78, 5) is 21.1. The van der Waals surface area contributed by atoms with Crippen LogP contribution in [0.15, 0.2) is 29.1 Å². The second-order valence-electron chi connectivity index (χ2n) is 8.33. The van der Waals surface area contributed by atoms with E-state index < -0.39 is 10.0 Å². The molecular weight excluding hydrogens is 390 g/mol. The number of rotatable bonds is 5. The first-order valence-electron chi connectivity index (χ1n) is 10.1. The number of piperidine rings is 1. The van der Waals surface area contributed by atoms with E-state index in [1.807, 2.05) is 24.3 Å². The molecule has 29 heavy (non-hydrogen) atoms. The van der Waals surface area contributed by atoms with Crippen LogP contribution >= 0.6 is 0 Å². The van der Waals surface area contributed by atoms with Crippen LogP contribution in [-0.2, 0) is 16.4 Å². The average Bonchev–Trinajstić information content (AvgIpc) is 3.36. The number of nitrogens with zero attached hydrogens (tertiary/aromatic N) is 3. The van der Waals surface area contributed by atoms with Crippen LogP contribution in [0.25, 0.3) is 17.0 Å². The molecule has 9 heteroatoms. The van der Waals surface area contributed by atoms with Crippen molar-refractivity contribution < 1.29 is 8.42 Å². The third-order valence-electron chi connectivity index (χ3n) is 6.04. The van der Waals surface area contributed by atoms with Gasteiger partial charge in [0.05, 0.1) is 17.3 Å². The molecule has 154 valence electrons. The Morgan fingerprint density at radius 2 is 2.00 bits per heavy atom. The molecule has 0 amide bonds. The minimum absolute atomic E-state index is 0.0811. The molecule has 0 radical (unpaired) electrons. The van der Waals surface area contributed by atoms with Crippen LogP contribution in [-0.4, -0.2) is 51.8 Å². The van der Waals surface area contributed by atoms with Crippen molar-refractivity contribution >= 4 is 21.1 Å². The summed E-state index contributed by atoms with van der Waals surface area (Å²) in [5, 5.41) is 3.30. The summed E-state index contributed by atoms with van der Waals surface area (Å²) in [7, 11) is -3.20. The van der Waals surface area contributed by atoms with Gasteiger partial charge in [-0.3, -0.25) is 9.89 Å². The van der Waals surface area contributed by atoms with Crippen molar-refractivity contribution in [2.24, 2.45) is 5.92 Å². The van der Waals surface area contributed by atoms with Crippen LogP contribution in [0, 0.1) is 5.92 Å². The van der Waals surface area contributed by atoms with Crippen molar-refractivity contribution in [3.63, 3.8) is 0 Å². The van der Waals surface area contributed by atoms with Gasteiger partial charge in [-0.1, -0.05) is 12.1 Å². The molecule has 2 N–H and O–H groups in total. The summed E-state index contributed by atoms with van der Waals surface area (Å²) in [6, 6.07) is 7.69. The summed E-state index contributed by atoms with van der Waals surface area (Å²) in [5.41, 5.74) is 3.40. The van der Waals surface area contributed by atoms with Crippen LogP contribution in [0.2, 0.25) is 0 Å². The number of para-hydroxylation sites is 2. The highest BCUT2D eigenvalue weighted by atomic mass is 32.2. The van der Waals surface area contributed by atoms with Crippen molar-refractivity contribution in [2.45, 2.75) is 38.0 Å². The Morgan fingerprint density at radius 3 is 2.72 bits per heavy atom. The summed E-state index contributed by atoms with van der Waals surface area (Å²) >= 11 is 0. The van der Waals surface area contributed by atoms with Gasteiger partial charge in [0, 0.05) is 30.3 Å². The molecular formula is C20H25N5O3S. The highest BCUT2D eigenvalue weighted by Crippen LogP contribution is 2.41. The van der Waals surface area contributed by atoms with Gasteiger partial charge in [0.15, 0.2) is 0 Å². The first-order chi connectivity index (χ1) is 13.9. The van der Waals surface area contributed by atoms with E-state index in [0.717, 1.165) is 48.0 Å². The highest BCUT2D eigenvalue weighted by Gasteiger charge is 2.33. The Bertz CT molecular complexity index is 1190. The van der Waals surface area contributed by atoms with E-state index in [-0.39, 0.29) is 11.5 Å². The molecule has 5 rings (SSSR count). The lowest BCUT2D eigenvalue weighted by molar-refractivity contribution is 0.266. The molecule has 1 aliphatic heterocycles. The van der Waals surface area contributed by atoms with Gasteiger partial charge in [-0.05, 0) is 50.2 Å². The van der Waals surface area contributed by atoms with Gasteiger partial charge in [-0.2, -0.15) is 4.68 Å². The quantitative estimate of drug-likeness (QED) is 0.666. The predicted molar refractivity (Wildman–Crippen MR) is 111 cm³/mol. The van der Waals surface area contributed by atoms with E-state index in [1.165, 1.54) is 10.9 Å². The van der Waals surface area contributed by atoms with Crippen LogP contribution in [0.4, 0.5) is 0 Å². The smallest absolute Gasteiger partial charge is 0.277 e. The van der Waals surface area contributed by atoms with Crippen LogP contribution < -0.4 is 5.56 Å². The molecule has 2 aliphatic rings. The molecule has 1 unspecified atom stereocenters. The van der Waals surface area contributed by atoms with E-state index in [0.29, 0.717) is 31.4 Å². The standard InChI is InChI=1S/C20H25N5O3S/c1-29(27,28)24-10-4-5-13(12-24)11-15-18(14-8-9-14)23-25(19(15)26)20-21-16-6-2-3-7-17(16)22-20/h2-3,6-7,13-14,23H,4-5,8-12H2,1H3,(H,21,22). The second-order valence-corrected chi connectivity index (χ2v) is 10.3. The van der Waals surface area contributed by atoms with Gasteiger partial charge in [0.1, 0.15) is 0 Å². The van der Waals surface area contributed by atoms with E-state index in [9.17, 15) is 13.2 Å². The number of benzene rings is 1. The van der Waals surface area contributed by atoms with Crippen molar-refractivity contribution in [1.29, 1.82) is 0 Å². The number of nitrogens with one attached hydrogen (secondary N) is 2. The van der Waals surface area contributed by atoms with Gasteiger partial charge in [0.25, 0.3) is 5.56 Å². The molecule has 1 saturated carbocycles. The van der Waals surface area contributed by atoms with Gasteiger partial charge < -0.3 is 4.98 Å². The number of fused-ring (bicyclic) bond motifs is 1. The maximum absolute atomic E-state index is 13.3. The Balaban J connectivity index is 1.49. The Labute approximate surface area is 169 Å². The van der Waals surface area contributed by atoms with Crippen LogP contribution in [0.3, 0.4) is 0 Å². The number of hydrogen-bond donors (Lipinski definition) is 2. The van der Waals surface area contributed by atoms with E-state index in [1.54, 1.807) is 4.31 Å². The first-order valence-corrected chi connectivity index (χ1v) is 12.0. The molecule has 8 nitrogen and oxygen atoms in total. The van der Waals surface area contributed by atoms with Gasteiger partial charge >= 0.3 is 0 Å². The number of aromatic nitrogens is 4. The molecule has 0 bridgehead atoms. The summed E-state index contributed by atoms with van der Waals surface area (Å²) in [5.74, 6) is 1.03. The Hall–Kier alpha value is -2.39. The third kappa shape index (κ3) is 3.53. The zero-order valence-corrected chi connectivity index (χ0v) is 17.2. The van der Waals surface area contributed by atoms with Crippen molar-refractivity contribution in [2.75, 3.05) is 19.3 Å². The molecule has 2 fully saturated rings. The van der Waals surface area contributed by atoms with Crippen LogP contribution in [0.5, 0.6) is 0 Å². The second kappa shape index (κ2) is 6.84.